The molecule has 2 aromatic rings. The van der Waals surface area contributed by atoms with Crippen LogP contribution in [0.2, 0.25) is 0 Å². The van der Waals surface area contributed by atoms with Gasteiger partial charge in [0, 0.05) is 29.8 Å². The highest BCUT2D eigenvalue weighted by molar-refractivity contribution is 9.12. The summed E-state index contributed by atoms with van der Waals surface area (Å²) in [7, 11) is -4.88. The van der Waals surface area contributed by atoms with E-state index in [1.807, 2.05) is 0 Å². The Morgan fingerprint density at radius 2 is 1.28 bits per heavy atom. The number of rotatable bonds is 15. The van der Waals surface area contributed by atoms with Crippen LogP contribution in [0.4, 0.5) is 0 Å². The van der Waals surface area contributed by atoms with Gasteiger partial charge >= 0.3 is 23.9 Å². The number of phenols is 1. The van der Waals surface area contributed by atoms with E-state index in [1.165, 1.54) is 42.5 Å². The Hall–Kier alpha value is -4.20. The van der Waals surface area contributed by atoms with Crippen LogP contribution in [0.25, 0.3) is 5.57 Å². The summed E-state index contributed by atoms with van der Waals surface area (Å²) in [5.41, 5.74) is 0.183. The lowest BCUT2D eigenvalue weighted by atomic mass is 9.88. The molecule has 0 aromatic heterocycles. The molecule has 1 aliphatic carbocycles. The lowest BCUT2D eigenvalue weighted by molar-refractivity contribution is -0.143. The standard InChI is InChI=1S/C29H26Br2N2O13S/c30-20-7-15(5-17(28(20)42)9-32(11-23(34)35)12-24(36)37)27(19-3-1-2-4-22(19)47(44,45)46)16-6-18(29(43)21(31)8-16)10-33(13-25(38)39)14-26(40)41/h1-8,42H,9-14H2,(H,34,35)(H,36,37)(H,38,39)(H,40,41)(H,44,45,46). The first-order chi connectivity index (χ1) is 21.9. The van der Waals surface area contributed by atoms with E-state index in [4.69, 9.17) is 0 Å². The van der Waals surface area contributed by atoms with Gasteiger partial charge < -0.3 is 25.5 Å². The zero-order valence-electron chi connectivity index (χ0n) is 24.0. The van der Waals surface area contributed by atoms with Gasteiger partial charge in [0.2, 0.25) is 0 Å². The van der Waals surface area contributed by atoms with Gasteiger partial charge in [-0.3, -0.25) is 38.3 Å². The fourth-order valence-corrected chi connectivity index (χ4v) is 6.49. The summed E-state index contributed by atoms with van der Waals surface area (Å²) in [5.74, 6) is -6.40. The van der Waals surface area contributed by atoms with Crippen molar-refractivity contribution in [2.24, 2.45) is 0 Å². The Bertz CT molecular complexity index is 1820. The average Bonchev–Trinajstić information content (AvgIpc) is 2.92. The average molecular weight is 802 g/mol. The number of hydrogen-bond acceptors (Lipinski definition) is 10. The van der Waals surface area contributed by atoms with E-state index >= 15 is 0 Å². The summed E-state index contributed by atoms with van der Waals surface area (Å²) in [5, 5.41) is 48.0. The maximum atomic E-state index is 13.1. The van der Waals surface area contributed by atoms with Gasteiger partial charge in [0.05, 0.1) is 35.1 Å². The molecule has 250 valence electrons. The van der Waals surface area contributed by atoms with Crippen LogP contribution in [-0.2, 0) is 40.6 Å². The molecule has 2 aromatic carbocycles. The Labute approximate surface area is 283 Å². The Kier molecular flexibility index (Phi) is 12.4. The Morgan fingerprint density at radius 1 is 0.766 bits per heavy atom. The SMILES string of the molecule is O=C(O)CN(CC(=O)O)CC1=CC(=C(c2cc(Br)c(O)c(CN(CC(=O)O)CC(=O)O)c2)c2ccccc2S(=O)(=O)O)C=C(Br)C1=O. The van der Waals surface area contributed by atoms with Crippen molar-refractivity contribution >= 4 is 77.2 Å². The number of carboxylic acids is 4. The van der Waals surface area contributed by atoms with E-state index in [-0.39, 0.29) is 48.1 Å². The van der Waals surface area contributed by atoms with E-state index < -0.39 is 83.9 Å². The van der Waals surface area contributed by atoms with Crippen LogP contribution in [-0.4, -0.2) is 111 Å². The van der Waals surface area contributed by atoms with Crippen molar-refractivity contribution in [3.8, 4) is 5.75 Å². The van der Waals surface area contributed by atoms with Crippen molar-refractivity contribution < 1.29 is 62.5 Å². The number of aromatic hydroxyl groups is 1. The quantitative estimate of drug-likeness (QED) is 0.142. The second-order valence-corrected chi connectivity index (χ2v) is 13.2. The Morgan fingerprint density at radius 3 is 1.79 bits per heavy atom. The highest BCUT2D eigenvalue weighted by atomic mass is 79.9. The first-order valence-corrected chi connectivity index (χ1v) is 16.2. The van der Waals surface area contributed by atoms with Crippen LogP contribution in [0.5, 0.6) is 5.75 Å². The molecule has 0 spiro atoms. The number of aliphatic carboxylic acids is 4. The molecule has 0 fully saturated rings. The molecule has 18 heteroatoms. The van der Waals surface area contributed by atoms with Crippen LogP contribution in [0.1, 0.15) is 16.7 Å². The van der Waals surface area contributed by atoms with Gasteiger partial charge in [-0.15, -0.1) is 0 Å². The van der Waals surface area contributed by atoms with E-state index in [9.17, 15) is 62.5 Å². The van der Waals surface area contributed by atoms with Crippen LogP contribution >= 0.6 is 31.9 Å². The molecular formula is C29H26Br2N2O13S. The number of hydrogen-bond donors (Lipinski definition) is 6. The highest BCUT2D eigenvalue weighted by Crippen LogP contribution is 2.40. The van der Waals surface area contributed by atoms with E-state index in [0.29, 0.717) is 0 Å². The first-order valence-electron chi connectivity index (χ1n) is 13.1. The van der Waals surface area contributed by atoms with Crippen LogP contribution in [0.15, 0.2) is 73.5 Å². The molecule has 0 unspecified atom stereocenters. The third kappa shape index (κ3) is 10.1. The minimum atomic E-state index is -4.88. The smallest absolute Gasteiger partial charge is 0.317 e. The second kappa shape index (κ2) is 15.6. The molecule has 47 heavy (non-hydrogen) atoms. The predicted molar refractivity (Wildman–Crippen MR) is 170 cm³/mol. The third-order valence-electron chi connectivity index (χ3n) is 6.50. The van der Waals surface area contributed by atoms with Crippen LogP contribution in [0.3, 0.4) is 0 Å². The summed E-state index contributed by atoms with van der Waals surface area (Å²) in [6, 6.07) is 7.97. The first kappa shape index (κ1) is 37.3. The van der Waals surface area contributed by atoms with Crippen molar-refractivity contribution in [1.29, 1.82) is 0 Å². The fourth-order valence-electron chi connectivity index (χ4n) is 4.79. The molecule has 0 amide bonds. The van der Waals surface area contributed by atoms with Gasteiger partial charge in [-0.05, 0) is 78.9 Å². The number of halogens is 2. The predicted octanol–water partition coefficient (Wildman–Crippen LogP) is 2.43. The minimum absolute atomic E-state index is 0.0209. The summed E-state index contributed by atoms with van der Waals surface area (Å²) in [4.78, 5) is 60.2. The zero-order valence-corrected chi connectivity index (χ0v) is 27.9. The van der Waals surface area contributed by atoms with Crippen molar-refractivity contribution in [2.75, 3.05) is 32.7 Å². The lowest BCUT2D eigenvalue weighted by Gasteiger charge is -2.24. The largest absolute Gasteiger partial charge is 0.506 e. The molecule has 0 radical (unpaired) electrons. The Balaban J connectivity index is 2.38. The molecule has 1 aliphatic rings. The van der Waals surface area contributed by atoms with E-state index in [1.54, 1.807) is 0 Å². The molecule has 0 heterocycles. The molecule has 0 bridgehead atoms. The highest BCUT2D eigenvalue weighted by Gasteiger charge is 2.28. The number of phenolic OH excluding ortho intramolecular Hbond substituents is 1. The molecule has 0 saturated heterocycles. The molecule has 3 rings (SSSR count). The number of carbonyl (C=O) groups excluding carboxylic acids is 1. The van der Waals surface area contributed by atoms with Crippen molar-refractivity contribution in [1.82, 2.24) is 9.80 Å². The number of nitrogens with zero attached hydrogens (tertiary/aromatic N) is 2. The van der Waals surface area contributed by atoms with Crippen molar-refractivity contribution in [3.05, 3.63) is 85.3 Å². The van der Waals surface area contributed by atoms with E-state index in [0.717, 1.165) is 15.9 Å². The summed E-state index contributed by atoms with van der Waals surface area (Å²) in [6.45, 7) is -3.71. The van der Waals surface area contributed by atoms with Gasteiger partial charge in [0.15, 0.2) is 5.78 Å². The van der Waals surface area contributed by atoms with Gasteiger partial charge in [0.25, 0.3) is 10.1 Å². The fraction of sp³-hybridized carbons (Fsp3) is 0.207. The summed E-state index contributed by atoms with van der Waals surface area (Å²) >= 11 is 6.39. The number of allylic oxidation sites excluding steroid dienone is 4. The third-order valence-corrected chi connectivity index (χ3v) is 8.60. The monoisotopic (exact) mass is 800 g/mol. The molecule has 6 N–H and O–H groups in total. The van der Waals surface area contributed by atoms with Gasteiger partial charge in [-0.1, -0.05) is 18.2 Å². The number of benzene rings is 2. The number of ketones is 1. The molecule has 15 nitrogen and oxygen atoms in total. The lowest BCUT2D eigenvalue weighted by Crippen LogP contribution is -2.37. The molecule has 0 saturated carbocycles. The van der Waals surface area contributed by atoms with Crippen LogP contribution in [0, 0.1) is 0 Å². The topological polar surface area (TPSA) is 247 Å². The zero-order chi connectivity index (χ0) is 35.2. The number of carboxylic acid groups (broad SMARTS) is 4. The van der Waals surface area contributed by atoms with Gasteiger partial charge in [-0.25, -0.2) is 0 Å². The molecule has 0 atom stereocenters. The van der Waals surface area contributed by atoms with Crippen LogP contribution < -0.4 is 0 Å². The minimum Gasteiger partial charge on any atom is -0.506 e. The summed E-state index contributed by atoms with van der Waals surface area (Å²) < 4.78 is 35.1. The molecule has 0 aliphatic heterocycles. The van der Waals surface area contributed by atoms with Crippen molar-refractivity contribution in [3.63, 3.8) is 0 Å². The maximum absolute atomic E-state index is 13.1. The number of carbonyl (C=O) groups is 5. The number of Topliss-reactive ketones (excluding diaryl/α,β-unsaturated/α-hetero) is 1. The second-order valence-electron chi connectivity index (χ2n) is 10.1. The van der Waals surface area contributed by atoms with Gasteiger partial charge in [-0.2, -0.15) is 8.42 Å². The summed E-state index contributed by atoms with van der Waals surface area (Å²) in [6.07, 6.45) is 2.61. The van der Waals surface area contributed by atoms with Crippen molar-refractivity contribution in [2.45, 2.75) is 11.4 Å². The van der Waals surface area contributed by atoms with Gasteiger partial charge in [0.1, 0.15) is 10.6 Å². The van der Waals surface area contributed by atoms with E-state index in [2.05, 4.69) is 31.9 Å². The molecular weight excluding hydrogens is 776 g/mol. The normalized spacial score (nSPS) is 14.5. The maximum Gasteiger partial charge on any atom is 0.317 e.